The van der Waals surface area contributed by atoms with Crippen molar-refractivity contribution in [1.82, 2.24) is 10.4 Å². The van der Waals surface area contributed by atoms with E-state index >= 15 is 0 Å². The highest BCUT2D eigenvalue weighted by atomic mass is 16.5. The third kappa shape index (κ3) is 3.77. The van der Waals surface area contributed by atoms with Crippen LogP contribution in [0.3, 0.4) is 0 Å². The fraction of sp³-hybridized carbons (Fsp3) is 0.643. The number of hydrogen-bond donors (Lipinski definition) is 2. The number of ether oxygens (including phenoxy) is 1. The number of nitrogens with zero attached hydrogens (tertiary/aromatic N) is 1. The van der Waals surface area contributed by atoms with Crippen molar-refractivity contribution in [1.29, 1.82) is 0 Å². The van der Waals surface area contributed by atoms with Crippen molar-refractivity contribution in [2.75, 3.05) is 6.61 Å². The SMILES string of the molecule is Cc1cc(C(CCCC2CCCO2)NN)ccn1. The number of hydrazine groups is 1. The van der Waals surface area contributed by atoms with Crippen molar-refractivity contribution in [3.63, 3.8) is 0 Å². The number of nitrogens with two attached hydrogens (primary N) is 1. The van der Waals surface area contributed by atoms with Crippen LogP contribution in [0.2, 0.25) is 0 Å². The van der Waals surface area contributed by atoms with Crippen molar-refractivity contribution >= 4 is 0 Å². The minimum absolute atomic E-state index is 0.216. The van der Waals surface area contributed by atoms with Gasteiger partial charge in [-0.1, -0.05) is 0 Å². The first-order chi connectivity index (χ1) is 8.79. The van der Waals surface area contributed by atoms with E-state index in [0.717, 1.165) is 31.6 Å². The molecule has 1 aliphatic heterocycles. The number of nitrogens with one attached hydrogen (secondary N) is 1. The molecule has 1 saturated heterocycles. The summed E-state index contributed by atoms with van der Waals surface area (Å²) in [4.78, 5) is 4.21. The molecule has 1 aromatic heterocycles. The molecule has 2 atom stereocenters. The Kier molecular flexibility index (Phi) is 5.11. The summed E-state index contributed by atoms with van der Waals surface area (Å²) in [6, 6.07) is 4.34. The van der Waals surface area contributed by atoms with Gasteiger partial charge < -0.3 is 4.74 Å². The third-order valence-corrected chi connectivity index (χ3v) is 3.57. The summed E-state index contributed by atoms with van der Waals surface area (Å²) in [5, 5.41) is 0. The van der Waals surface area contributed by atoms with Gasteiger partial charge in [0.1, 0.15) is 0 Å². The highest BCUT2D eigenvalue weighted by molar-refractivity contribution is 5.19. The average molecular weight is 249 g/mol. The van der Waals surface area contributed by atoms with Gasteiger partial charge in [0.05, 0.1) is 6.10 Å². The van der Waals surface area contributed by atoms with E-state index < -0.39 is 0 Å². The average Bonchev–Trinajstić information content (AvgIpc) is 2.88. The summed E-state index contributed by atoms with van der Waals surface area (Å²) in [6.45, 7) is 2.94. The van der Waals surface area contributed by atoms with E-state index in [9.17, 15) is 0 Å². The van der Waals surface area contributed by atoms with E-state index in [1.807, 2.05) is 19.2 Å². The molecular formula is C14H23N3O. The van der Waals surface area contributed by atoms with Gasteiger partial charge in [0.2, 0.25) is 0 Å². The van der Waals surface area contributed by atoms with E-state index in [4.69, 9.17) is 10.6 Å². The lowest BCUT2D eigenvalue weighted by molar-refractivity contribution is 0.101. The van der Waals surface area contributed by atoms with Gasteiger partial charge in [-0.15, -0.1) is 0 Å². The molecule has 100 valence electrons. The van der Waals surface area contributed by atoms with Crippen molar-refractivity contribution in [2.45, 2.75) is 51.2 Å². The number of aromatic nitrogens is 1. The maximum Gasteiger partial charge on any atom is 0.0576 e. The van der Waals surface area contributed by atoms with Gasteiger partial charge in [0.25, 0.3) is 0 Å². The van der Waals surface area contributed by atoms with Crippen LogP contribution in [0.5, 0.6) is 0 Å². The summed E-state index contributed by atoms with van der Waals surface area (Å²) in [6.07, 6.45) is 8.07. The van der Waals surface area contributed by atoms with E-state index in [-0.39, 0.29) is 6.04 Å². The maximum atomic E-state index is 5.65. The van der Waals surface area contributed by atoms with Gasteiger partial charge in [0, 0.05) is 24.5 Å². The predicted octanol–water partition coefficient (Wildman–Crippen LogP) is 2.24. The van der Waals surface area contributed by atoms with Crippen molar-refractivity contribution in [2.24, 2.45) is 5.84 Å². The van der Waals surface area contributed by atoms with E-state index in [2.05, 4.69) is 16.5 Å². The highest BCUT2D eigenvalue weighted by Gasteiger charge is 2.16. The molecule has 4 nitrogen and oxygen atoms in total. The van der Waals surface area contributed by atoms with E-state index in [1.54, 1.807) is 0 Å². The van der Waals surface area contributed by atoms with Gasteiger partial charge in [-0.2, -0.15) is 0 Å². The van der Waals surface area contributed by atoms with E-state index in [0.29, 0.717) is 6.10 Å². The molecule has 0 aliphatic carbocycles. The number of pyridine rings is 1. The van der Waals surface area contributed by atoms with Crippen LogP contribution in [0.15, 0.2) is 18.3 Å². The number of aryl methyl sites for hydroxylation is 1. The van der Waals surface area contributed by atoms with Crippen LogP contribution in [0.25, 0.3) is 0 Å². The molecule has 2 heterocycles. The number of hydrogen-bond acceptors (Lipinski definition) is 4. The molecule has 0 amide bonds. The molecule has 3 N–H and O–H groups in total. The summed E-state index contributed by atoms with van der Waals surface area (Å²) in [7, 11) is 0. The maximum absolute atomic E-state index is 5.65. The van der Waals surface area contributed by atoms with Crippen LogP contribution in [0.1, 0.15) is 49.4 Å². The first kappa shape index (κ1) is 13.5. The summed E-state index contributed by atoms with van der Waals surface area (Å²) >= 11 is 0. The zero-order valence-electron chi connectivity index (χ0n) is 11.1. The van der Waals surface area contributed by atoms with Crippen LogP contribution in [-0.2, 0) is 4.74 Å². The molecule has 1 aromatic rings. The molecule has 0 spiro atoms. The smallest absolute Gasteiger partial charge is 0.0576 e. The zero-order chi connectivity index (χ0) is 12.8. The molecular weight excluding hydrogens is 226 g/mol. The molecule has 1 aliphatic rings. The Hall–Kier alpha value is -0.970. The monoisotopic (exact) mass is 249 g/mol. The lowest BCUT2D eigenvalue weighted by Crippen LogP contribution is -2.28. The lowest BCUT2D eigenvalue weighted by Gasteiger charge is -2.17. The minimum atomic E-state index is 0.216. The normalized spacial score (nSPS) is 21.1. The van der Waals surface area contributed by atoms with Crippen LogP contribution < -0.4 is 11.3 Å². The second-order valence-electron chi connectivity index (χ2n) is 5.02. The van der Waals surface area contributed by atoms with Crippen LogP contribution in [0, 0.1) is 6.92 Å². The van der Waals surface area contributed by atoms with Crippen molar-refractivity contribution in [3.05, 3.63) is 29.6 Å². The first-order valence-electron chi connectivity index (χ1n) is 6.80. The second kappa shape index (κ2) is 6.83. The summed E-state index contributed by atoms with van der Waals surface area (Å²) < 4.78 is 5.63. The van der Waals surface area contributed by atoms with Crippen LogP contribution in [-0.4, -0.2) is 17.7 Å². The molecule has 4 heteroatoms. The van der Waals surface area contributed by atoms with Gasteiger partial charge in [-0.05, 0) is 56.7 Å². The van der Waals surface area contributed by atoms with Gasteiger partial charge in [0.15, 0.2) is 0 Å². The lowest BCUT2D eigenvalue weighted by atomic mass is 10.00. The standard InChI is InChI=1S/C14H23N3O/c1-11-10-12(7-8-16-11)14(17-15)6-2-4-13-5-3-9-18-13/h7-8,10,13-14,17H,2-6,9,15H2,1H3. The molecule has 0 bridgehead atoms. The second-order valence-corrected chi connectivity index (χ2v) is 5.02. The Morgan fingerprint density at radius 2 is 2.50 bits per heavy atom. The fourth-order valence-electron chi connectivity index (χ4n) is 2.55. The van der Waals surface area contributed by atoms with Crippen molar-refractivity contribution < 1.29 is 4.74 Å². The third-order valence-electron chi connectivity index (χ3n) is 3.57. The Labute approximate surface area is 109 Å². The van der Waals surface area contributed by atoms with Gasteiger partial charge in [-0.25, -0.2) is 0 Å². The van der Waals surface area contributed by atoms with Crippen molar-refractivity contribution in [3.8, 4) is 0 Å². The van der Waals surface area contributed by atoms with Crippen LogP contribution in [0.4, 0.5) is 0 Å². The summed E-state index contributed by atoms with van der Waals surface area (Å²) in [5.74, 6) is 5.65. The van der Waals surface area contributed by atoms with Crippen LogP contribution >= 0.6 is 0 Å². The molecule has 2 rings (SSSR count). The zero-order valence-corrected chi connectivity index (χ0v) is 11.1. The Morgan fingerprint density at radius 1 is 1.61 bits per heavy atom. The topological polar surface area (TPSA) is 60.2 Å². The fourth-order valence-corrected chi connectivity index (χ4v) is 2.55. The molecule has 0 radical (unpaired) electrons. The van der Waals surface area contributed by atoms with Gasteiger partial charge >= 0.3 is 0 Å². The quantitative estimate of drug-likeness (QED) is 0.599. The molecule has 2 unspecified atom stereocenters. The molecule has 1 fully saturated rings. The largest absolute Gasteiger partial charge is 0.378 e. The minimum Gasteiger partial charge on any atom is -0.378 e. The summed E-state index contributed by atoms with van der Waals surface area (Å²) in [5.41, 5.74) is 5.16. The highest BCUT2D eigenvalue weighted by Crippen LogP contribution is 2.22. The molecule has 18 heavy (non-hydrogen) atoms. The Bertz CT molecular complexity index is 364. The first-order valence-corrected chi connectivity index (χ1v) is 6.80. The van der Waals surface area contributed by atoms with E-state index in [1.165, 1.54) is 18.4 Å². The molecule has 0 saturated carbocycles. The predicted molar refractivity (Wildman–Crippen MR) is 71.9 cm³/mol. The van der Waals surface area contributed by atoms with Gasteiger partial charge in [-0.3, -0.25) is 16.3 Å². The number of rotatable bonds is 6. The Balaban J connectivity index is 1.81. The molecule has 0 aromatic carbocycles. The Morgan fingerprint density at radius 3 is 3.17 bits per heavy atom.